The fourth-order valence-electron chi connectivity index (χ4n) is 4.21. The molecule has 2 N–H and O–H groups in total. The molecular weight excluding hydrogens is 328 g/mol. The molecule has 6 nitrogen and oxygen atoms in total. The van der Waals surface area contributed by atoms with Gasteiger partial charge in [0.25, 0.3) is 5.56 Å². The third-order valence-corrected chi connectivity index (χ3v) is 5.58. The van der Waals surface area contributed by atoms with Crippen LogP contribution in [-0.2, 0) is 30.6 Å². The van der Waals surface area contributed by atoms with E-state index in [0.717, 1.165) is 41.8 Å². The maximum atomic E-state index is 13.0. The average molecular weight is 352 g/mol. The summed E-state index contributed by atoms with van der Waals surface area (Å²) in [7, 11) is 0. The number of nitrogen functional groups attached to an aromatic ring is 1. The highest BCUT2D eigenvalue weighted by Gasteiger charge is 2.31. The van der Waals surface area contributed by atoms with Gasteiger partial charge >= 0.3 is 0 Å². The molecule has 0 spiro atoms. The first-order chi connectivity index (χ1) is 12.5. The third-order valence-electron chi connectivity index (χ3n) is 5.58. The van der Waals surface area contributed by atoms with Crippen molar-refractivity contribution in [2.45, 2.75) is 52.1 Å². The SMILES string of the molecule is C[C@@H]1CCc2c(nc(N)n(CC(=O)N3c4ccccc4C[C@@H]3C)c2=O)C1. The highest BCUT2D eigenvalue weighted by atomic mass is 16.2. The van der Waals surface area contributed by atoms with Crippen LogP contribution in [0.5, 0.6) is 0 Å². The molecular formula is C20H24N4O2. The van der Waals surface area contributed by atoms with Crippen molar-refractivity contribution >= 4 is 17.5 Å². The second-order valence-electron chi connectivity index (χ2n) is 7.58. The van der Waals surface area contributed by atoms with Gasteiger partial charge in [0.2, 0.25) is 11.9 Å². The molecule has 1 amide bonds. The second kappa shape index (κ2) is 6.27. The van der Waals surface area contributed by atoms with Crippen LogP contribution >= 0.6 is 0 Å². The summed E-state index contributed by atoms with van der Waals surface area (Å²) in [4.78, 5) is 32.1. The van der Waals surface area contributed by atoms with Crippen LogP contribution < -0.4 is 16.2 Å². The quantitative estimate of drug-likeness (QED) is 0.895. The maximum absolute atomic E-state index is 13.0. The van der Waals surface area contributed by atoms with E-state index in [1.807, 2.05) is 31.2 Å². The largest absolute Gasteiger partial charge is 0.369 e. The van der Waals surface area contributed by atoms with E-state index in [0.29, 0.717) is 12.3 Å². The molecule has 26 heavy (non-hydrogen) atoms. The topological polar surface area (TPSA) is 81.2 Å². The number of fused-ring (bicyclic) bond motifs is 2. The number of rotatable bonds is 2. The van der Waals surface area contributed by atoms with Gasteiger partial charge in [-0.05, 0) is 50.2 Å². The number of carbonyl (C=O) groups excluding carboxylic acids is 1. The molecule has 0 saturated heterocycles. The van der Waals surface area contributed by atoms with Crippen molar-refractivity contribution in [3.8, 4) is 0 Å². The van der Waals surface area contributed by atoms with Gasteiger partial charge in [0.1, 0.15) is 6.54 Å². The minimum absolute atomic E-state index is 0.0703. The van der Waals surface area contributed by atoms with Crippen LogP contribution in [0, 0.1) is 5.92 Å². The van der Waals surface area contributed by atoms with Crippen molar-refractivity contribution in [2.75, 3.05) is 10.6 Å². The lowest BCUT2D eigenvalue weighted by Crippen LogP contribution is -2.41. The monoisotopic (exact) mass is 352 g/mol. The number of hydrogen-bond acceptors (Lipinski definition) is 4. The fourth-order valence-corrected chi connectivity index (χ4v) is 4.21. The van der Waals surface area contributed by atoms with Gasteiger partial charge in [-0.1, -0.05) is 25.1 Å². The Morgan fingerprint density at radius 1 is 1.27 bits per heavy atom. The predicted octanol–water partition coefficient (Wildman–Crippen LogP) is 1.93. The van der Waals surface area contributed by atoms with Crippen molar-refractivity contribution in [3.05, 3.63) is 51.4 Å². The average Bonchev–Trinajstić information content (AvgIpc) is 2.94. The molecule has 2 aliphatic rings. The van der Waals surface area contributed by atoms with Gasteiger partial charge in [-0.25, -0.2) is 4.98 Å². The lowest BCUT2D eigenvalue weighted by atomic mass is 9.89. The minimum atomic E-state index is -0.159. The zero-order chi connectivity index (χ0) is 18.4. The van der Waals surface area contributed by atoms with E-state index in [9.17, 15) is 9.59 Å². The Labute approximate surface area is 152 Å². The van der Waals surface area contributed by atoms with E-state index in [4.69, 9.17) is 5.73 Å². The first-order valence-electron chi connectivity index (χ1n) is 9.23. The van der Waals surface area contributed by atoms with Crippen LogP contribution in [0.3, 0.4) is 0 Å². The van der Waals surface area contributed by atoms with Crippen molar-refractivity contribution in [2.24, 2.45) is 5.92 Å². The number of hydrogen-bond donors (Lipinski definition) is 1. The molecule has 136 valence electrons. The number of amides is 1. The van der Waals surface area contributed by atoms with E-state index in [1.54, 1.807) is 4.90 Å². The zero-order valence-corrected chi connectivity index (χ0v) is 15.2. The summed E-state index contributed by atoms with van der Waals surface area (Å²) in [6.07, 6.45) is 3.28. The number of nitrogens with zero attached hydrogens (tertiary/aromatic N) is 3. The molecule has 0 radical (unpaired) electrons. The predicted molar refractivity (Wildman–Crippen MR) is 101 cm³/mol. The van der Waals surface area contributed by atoms with Gasteiger partial charge in [-0.15, -0.1) is 0 Å². The van der Waals surface area contributed by atoms with Crippen molar-refractivity contribution in [1.29, 1.82) is 0 Å². The Balaban J connectivity index is 1.66. The Bertz CT molecular complexity index is 934. The maximum Gasteiger partial charge on any atom is 0.258 e. The Hall–Kier alpha value is -2.63. The van der Waals surface area contributed by atoms with E-state index >= 15 is 0 Å². The van der Waals surface area contributed by atoms with Gasteiger partial charge in [0, 0.05) is 17.3 Å². The molecule has 1 aliphatic heterocycles. The van der Waals surface area contributed by atoms with Gasteiger partial charge in [0.15, 0.2) is 0 Å². The van der Waals surface area contributed by atoms with E-state index < -0.39 is 0 Å². The van der Waals surface area contributed by atoms with Gasteiger partial charge < -0.3 is 10.6 Å². The van der Waals surface area contributed by atoms with Crippen LogP contribution in [0.1, 0.15) is 37.1 Å². The molecule has 2 atom stereocenters. The minimum Gasteiger partial charge on any atom is -0.369 e. The van der Waals surface area contributed by atoms with E-state index in [1.165, 1.54) is 4.57 Å². The smallest absolute Gasteiger partial charge is 0.258 e. The first-order valence-corrected chi connectivity index (χ1v) is 9.23. The molecule has 0 fully saturated rings. The summed E-state index contributed by atoms with van der Waals surface area (Å²) in [6, 6.07) is 7.98. The Morgan fingerprint density at radius 2 is 2.04 bits per heavy atom. The Kier molecular flexibility index (Phi) is 4.05. The van der Waals surface area contributed by atoms with Crippen LogP contribution in [0.2, 0.25) is 0 Å². The molecule has 0 bridgehead atoms. The summed E-state index contributed by atoms with van der Waals surface area (Å²) in [6.45, 7) is 4.11. The van der Waals surface area contributed by atoms with Gasteiger partial charge in [0.05, 0.1) is 5.69 Å². The number of anilines is 2. The molecule has 1 aromatic carbocycles. The number of nitrogens with two attached hydrogens (primary N) is 1. The number of carbonyl (C=O) groups is 1. The lowest BCUT2D eigenvalue weighted by molar-refractivity contribution is -0.119. The van der Waals surface area contributed by atoms with Crippen LogP contribution in [0.25, 0.3) is 0 Å². The summed E-state index contributed by atoms with van der Waals surface area (Å²) in [5.74, 6) is 0.520. The molecule has 2 aromatic rings. The Morgan fingerprint density at radius 3 is 2.85 bits per heavy atom. The second-order valence-corrected chi connectivity index (χ2v) is 7.58. The van der Waals surface area contributed by atoms with Crippen LogP contribution in [-0.4, -0.2) is 21.5 Å². The molecule has 1 aromatic heterocycles. The first kappa shape index (κ1) is 16.8. The van der Waals surface area contributed by atoms with Crippen molar-refractivity contribution in [1.82, 2.24) is 9.55 Å². The normalized spacial score (nSPS) is 21.4. The number of benzene rings is 1. The van der Waals surface area contributed by atoms with Crippen LogP contribution in [0.15, 0.2) is 29.1 Å². The molecule has 2 heterocycles. The highest BCUT2D eigenvalue weighted by molar-refractivity contribution is 5.96. The highest BCUT2D eigenvalue weighted by Crippen LogP contribution is 2.32. The summed E-state index contributed by atoms with van der Waals surface area (Å²) < 4.78 is 1.34. The summed E-state index contributed by atoms with van der Waals surface area (Å²) >= 11 is 0. The molecule has 6 heteroatoms. The lowest BCUT2D eigenvalue weighted by Gasteiger charge is -2.25. The van der Waals surface area contributed by atoms with E-state index in [2.05, 4.69) is 11.9 Å². The van der Waals surface area contributed by atoms with Gasteiger partial charge in [-0.3, -0.25) is 14.2 Å². The molecule has 1 aliphatic carbocycles. The standard InChI is InChI=1S/C20H24N4O2/c1-12-7-8-15-16(9-12)22-20(21)23(19(15)26)11-18(25)24-13(2)10-14-5-3-4-6-17(14)24/h3-6,12-13H,7-11H2,1-2H3,(H2,21,22)/t12-,13+/m1/s1. The number of aromatic nitrogens is 2. The number of para-hydroxylation sites is 1. The van der Waals surface area contributed by atoms with Crippen molar-refractivity contribution < 1.29 is 4.79 Å². The van der Waals surface area contributed by atoms with Crippen LogP contribution in [0.4, 0.5) is 11.6 Å². The fraction of sp³-hybridized carbons (Fsp3) is 0.450. The molecule has 0 saturated carbocycles. The van der Waals surface area contributed by atoms with E-state index in [-0.39, 0.29) is 30.0 Å². The third kappa shape index (κ3) is 2.69. The zero-order valence-electron chi connectivity index (χ0n) is 15.2. The molecule has 4 rings (SSSR count). The van der Waals surface area contributed by atoms with Gasteiger partial charge in [-0.2, -0.15) is 0 Å². The summed E-state index contributed by atoms with van der Waals surface area (Å²) in [5.41, 5.74) is 9.50. The molecule has 0 unspecified atom stereocenters. The summed E-state index contributed by atoms with van der Waals surface area (Å²) in [5, 5.41) is 0. The van der Waals surface area contributed by atoms with Crippen molar-refractivity contribution in [3.63, 3.8) is 0 Å².